The first-order valence-corrected chi connectivity index (χ1v) is 7.45. The van der Waals surface area contributed by atoms with Crippen LogP contribution in [0.3, 0.4) is 0 Å². The van der Waals surface area contributed by atoms with Crippen LogP contribution in [0, 0.1) is 6.92 Å². The molecule has 0 aliphatic carbocycles. The number of hydrogen-bond donors (Lipinski definition) is 0. The number of aryl methyl sites for hydroxylation is 2. The number of esters is 1. The molecule has 6 heteroatoms. The highest BCUT2D eigenvalue weighted by Crippen LogP contribution is 2.14. The summed E-state index contributed by atoms with van der Waals surface area (Å²) < 4.78 is 7.06. The third kappa shape index (κ3) is 3.66. The van der Waals surface area contributed by atoms with Crippen molar-refractivity contribution >= 4 is 17.3 Å². The van der Waals surface area contributed by atoms with E-state index >= 15 is 0 Å². The molecule has 0 aliphatic heterocycles. The van der Waals surface area contributed by atoms with E-state index in [1.54, 1.807) is 16.0 Å². The third-order valence-corrected chi connectivity index (χ3v) is 3.50. The largest absolute Gasteiger partial charge is 0.455 e. The maximum atomic E-state index is 12.0. The van der Waals surface area contributed by atoms with Crippen LogP contribution in [0.15, 0.2) is 16.8 Å². The minimum absolute atomic E-state index is 0.297. The fraction of sp³-hybridized carbons (Fsp3) is 0.500. The summed E-state index contributed by atoms with van der Waals surface area (Å²) in [7, 11) is 0. The van der Waals surface area contributed by atoms with Crippen LogP contribution >= 0.6 is 11.3 Å². The van der Waals surface area contributed by atoms with Gasteiger partial charge < -0.3 is 4.74 Å². The summed E-state index contributed by atoms with van der Waals surface area (Å²) in [4.78, 5) is 12.0. The Hall–Kier alpha value is -1.69. The molecule has 108 valence electrons. The first-order chi connectivity index (χ1) is 9.37. The van der Waals surface area contributed by atoms with Gasteiger partial charge in [0.2, 0.25) is 0 Å². The lowest BCUT2D eigenvalue weighted by atomic mass is 10.2. The smallest absolute Gasteiger partial charge is 0.361 e. The maximum absolute atomic E-state index is 12.0. The summed E-state index contributed by atoms with van der Waals surface area (Å²) in [6.07, 6.45) is 0.876. The van der Waals surface area contributed by atoms with Gasteiger partial charge in [0.05, 0.1) is 5.69 Å². The summed E-state index contributed by atoms with van der Waals surface area (Å²) in [5.41, 5.74) is 1.78. The number of thiophene rings is 1. The zero-order valence-electron chi connectivity index (χ0n) is 12.2. The molecule has 0 unspecified atom stereocenters. The minimum atomic E-state index is -0.524. The van der Waals surface area contributed by atoms with Crippen molar-refractivity contribution in [3.05, 3.63) is 33.8 Å². The zero-order valence-corrected chi connectivity index (χ0v) is 13.0. The molecule has 20 heavy (non-hydrogen) atoms. The Balaban J connectivity index is 2.05. The summed E-state index contributed by atoms with van der Waals surface area (Å²) >= 11 is 1.68. The van der Waals surface area contributed by atoms with E-state index in [4.69, 9.17) is 4.74 Å². The van der Waals surface area contributed by atoms with Gasteiger partial charge in [-0.05, 0) is 56.5 Å². The SMILES string of the molecule is Cc1c(C(=O)OC(C)(C)C)nnn1CCc1ccsc1. The van der Waals surface area contributed by atoms with Crippen molar-refractivity contribution in [3.63, 3.8) is 0 Å². The minimum Gasteiger partial charge on any atom is -0.455 e. The monoisotopic (exact) mass is 293 g/mol. The number of carbonyl (C=O) groups is 1. The fourth-order valence-electron chi connectivity index (χ4n) is 1.76. The number of nitrogens with zero attached hydrogens (tertiary/aromatic N) is 3. The molecule has 0 saturated carbocycles. The summed E-state index contributed by atoms with van der Waals surface area (Å²) in [6.45, 7) is 8.05. The number of ether oxygens (including phenoxy) is 1. The van der Waals surface area contributed by atoms with Crippen molar-refractivity contribution in [1.29, 1.82) is 0 Å². The molecule has 0 atom stereocenters. The van der Waals surface area contributed by atoms with E-state index in [2.05, 4.69) is 27.1 Å². The van der Waals surface area contributed by atoms with Crippen LogP contribution in [0.5, 0.6) is 0 Å². The Morgan fingerprint density at radius 2 is 2.20 bits per heavy atom. The molecule has 0 fully saturated rings. The number of hydrogen-bond acceptors (Lipinski definition) is 5. The van der Waals surface area contributed by atoms with Crippen molar-refractivity contribution in [3.8, 4) is 0 Å². The summed E-state index contributed by atoms with van der Waals surface area (Å²) in [6, 6.07) is 2.09. The van der Waals surface area contributed by atoms with E-state index in [-0.39, 0.29) is 0 Å². The third-order valence-electron chi connectivity index (χ3n) is 2.77. The van der Waals surface area contributed by atoms with Gasteiger partial charge in [0.1, 0.15) is 5.60 Å². The van der Waals surface area contributed by atoms with E-state index in [0.29, 0.717) is 12.2 Å². The Bertz CT molecular complexity index is 582. The van der Waals surface area contributed by atoms with Crippen molar-refractivity contribution in [2.75, 3.05) is 0 Å². The predicted octanol–water partition coefficient (Wildman–Crippen LogP) is 2.85. The molecule has 0 spiro atoms. The number of aromatic nitrogens is 3. The van der Waals surface area contributed by atoms with Crippen LogP contribution in [0.25, 0.3) is 0 Å². The lowest BCUT2D eigenvalue weighted by Crippen LogP contribution is -2.24. The van der Waals surface area contributed by atoms with Crippen LogP contribution in [0.2, 0.25) is 0 Å². The number of carbonyl (C=O) groups excluding carboxylic acids is 1. The Morgan fingerprint density at radius 3 is 2.80 bits per heavy atom. The van der Waals surface area contributed by atoms with E-state index in [1.807, 2.05) is 27.7 Å². The predicted molar refractivity (Wildman–Crippen MR) is 78.0 cm³/mol. The highest BCUT2D eigenvalue weighted by atomic mass is 32.1. The maximum Gasteiger partial charge on any atom is 0.361 e. The second-order valence-electron chi connectivity index (χ2n) is 5.63. The second-order valence-corrected chi connectivity index (χ2v) is 6.41. The molecule has 0 bridgehead atoms. The van der Waals surface area contributed by atoms with Crippen LogP contribution < -0.4 is 0 Å². The van der Waals surface area contributed by atoms with Gasteiger partial charge >= 0.3 is 5.97 Å². The van der Waals surface area contributed by atoms with Gasteiger partial charge in [0.15, 0.2) is 5.69 Å². The van der Waals surface area contributed by atoms with Crippen LogP contribution in [0.1, 0.15) is 42.5 Å². The summed E-state index contributed by atoms with van der Waals surface area (Å²) in [5.74, 6) is -0.420. The lowest BCUT2D eigenvalue weighted by Gasteiger charge is -2.18. The van der Waals surface area contributed by atoms with Gasteiger partial charge in [-0.15, -0.1) is 5.10 Å². The first-order valence-electron chi connectivity index (χ1n) is 6.51. The van der Waals surface area contributed by atoms with Gasteiger partial charge in [-0.2, -0.15) is 11.3 Å². The van der Waals surface area contributed by atoms with Gasteiger partial charge in [-0.25, -0.2) is 9.48 Å². The molecule has 5 nitrogen and oxygen atoms in total. The van der Waals surface area contributed by atoms with Gasteiger partial charge in [0.25, 0.3) is 0 Å². The molecule has 2 aromatic rings. The molecule has 2 heterocycles. The average molecular weight is 293 g/mol. The first kappa shape index (κ1) is 14.7. The second kappa shape index (κ2) is 5.75. The van der Waals surface area contributed by atoms with Crippen molar-refractivity contribution in [2.24, 2.45) is 0 Å². The van der Waals surface area contributed by atoms with Crippen LogP contribution in [-0.2, 0) is 17.7 Å². The molecular weight excluding hydrogens is 274 g/mol. The van der Waals surface area contributed by atoms with Crippen molar-refractivity contribution in [1.82, 2.24) is 15.0 Å². The molecule has 0 amide bonds. The van der Waals surface area contributed by atoms with Gasteiger partial charge in [0, 0.05) is 6.54 Å². The van der Waals surface area contributed by atoms with E-state index in [9.17, 15) is 4.79 Å². The highest BCUT2D eigenvalue weighted by Gasteiger charge is 2.23. The molecule has 0 radical (unpaired) electrons. The topological polar surface area (TPSA) is 57.0 Å². The van der Waals surface area contributed by atoms with E-state index in [0.717, 1.165) is 12.1 Å². The van der Waals surface area contributed by atoms with Gasteiger partial charge in [-0.3, -0.25) is 0 Å². The van der Waals surface area contributed by atoms with E-state index < -0.39 is 11.6 Å². The standard InChI is InChI=1S/C14H19N3O2S/c1-10-12(13(18)19-14(2,3)4)15-16-17(10)7-5-11-6-8-20-9-11/h6,8-9H,5,7H2,1-4H3. The fourth-order valence-corrected chi connectivity index (χ4v) is 2.46. The molecule has 2 rings (SSSR count). The molecule has 0 aliphatic rings. The van der Waals surface area contributed by atoms with Crippen LogP contribution in [0.4, 0.5) is 0 Å². The normalized spacial score (nSPS) is 11.6. The Morgan fingerprint density at radius 1 is 1.45 bits per heavy atom. The molecular formula is C14H19N3O2S. The molecule has 0 saturated heterocycles. The van der Waals surface area contributed by atoms with E-state index in [1.165, 1.54) is 5.56 Å². The van der Waals surface area contributed by atoms with Gasteiger partial charge in [-0.1, -0.05) is 5.21 Å². The zero-order chi connectivity index (χ0) is 14.8. The average Bonchev–Trinajstić information content (AvgIpc) is 2.93. The highest BCUT2D eigenvalue weighted by molar-refractivity contribution is 7.07. The van der Waals surface area contributed by atoms with Crippen molar-refractivity contribution < 1.29 is 9.53 Å². The van der Waals surface area contributed by atoms with Crippen molar-refractivity contribution in [2.45, 2.75) is 46.3 Å². The Labute approximate surface area is 122 Å². The summed E-state index contributed by atoms with van der Waals surface area (Å²) in [5, 5.41) is 12.1. The Kier molecular flexibility index (Phi) is 4.23. The lowest BCUT2D eigenvalue weighted by molar-refractivity contribution is 0.00619. The number of rotatable bonds is 4. The molecule has 2 aromatic heterocycles. The van der Waals surface area contributed by atoms with Crippen LogP contribution in [-0.4, -0.2) is 26.6 Å². The quantitative estimate of drug-likeness (QED) is 0.813. The molecule has 0 aromatic carbocycles. The molecule has 0 N–H and O–H groups in total.